The summed E-state index contributed by atoms with van der Waals surface area (Å²) in [5.41, 5.74) is 4.84. The van der Waals surface area contributed by atoms with Gasteiger partial charge in [0.2, 0.25) is 0 Å². The molecule has 2 rings (SSSR count). The lowest BCUT2D eigenvalue weighted by atomic mass is 10.0. The molecule has 0 saturated carbocycles. The van der Waals surface area contributed by atoms with Crippen LogP contribution >= 0.6 is 0 Å². The fourth-order valence-corrected chi connectivity index (χ4v) is 1.74. The maximum Gasteiger partial charge on any atom is 0.294 e. The Kier molecular flexibility index (Phi) is 2.95. The fraction of sp³-hybridized carbons (Fsp3) is 0.308. The largest absolute Gasteiger partial charge is 0.432 e. The van der Waals surface area contributed by atoms with Crippen LogP contribution in [0.25, 0.3) is 0 Å². The SMILES string of the molecule is CNc1nc(Cc2ccc(C)cc2C)co1. The standard InChI is InChI=1S/C13H16N2O/c1-9-4-5-11(10(2)6-9)7-12-8-16-13(14-3)15-12/h4-6,8H,7H2,1-3H3,(H,14,15). The van der Waals surface area contributed by atoms with Gasteiger partial charge in [0.15, 0.2) is 0 Å². The van der Waals surface area contributed by atoms with Crippen LogP contribution in [0.3, 0.4) is 0 Å². The number of oxazole rings is 1. The van der Waals surface area contributed by atoms with Crippen molar-refractivity contribution in [2.24, 2.45) is 0 Å². The molecule has 2 aromatic rings. The zero-order chi connectivity index (χ0) is 11.5. The molecule has 0 aliphatic heterocycles. The lowest BCUT2D eigenvalue weighted by Gasteiger charge is -2.04. The molecule has 1 aromatic heterocycles. The molecule has 0 aliphatic carbocycles. The minimum Gasteiger partial charge on any atom is -0.432 e. The minimum absolute atomic E-state index is 0.569. The summed E-state index contributed by atoms with van der Waals surface area (Å²) in [6.07, 6.45) is 2.52. The van der Waals surface area contributed by atoms with Crippen LogP contribution in [0.1, 0.15) is 22.4 Å². The third-order valence-electron chi connectivity index (χ3n) is 2.64. The van der Waals surface area contributed by atoms with E-state index >= 15 is 0 Å². The second kappa shape index (κ2) is 4.39. The molecule has 3 heteroatoms. The summed E-state index contributed by atoms with van der Waals surface area (Å²) in [4.78, 5) is 4.31. The van der Waals surface area contributed by atoms with Gasteiger partial charge in [0, 0.05) is 13.5 Å². The molecule has 1 aromatic carbocycles. The Morgan fingerprint density at radius 3 is 2.75 bits per heavy atom. The molecule has 0 radical (unpaired) electrons. The second-order valence-electron chi connectivity index (χ2n) is 4.00. The molecule has 0 aliphatic rings. The van der Waals surface area contributed by atoms with Crippen LogP contribution in [0.5, 0.6) is 0 Å². The normalized spacial score (nSPS) is 10.4. The minimum atomic E-state index is 0.569. The molecule has 16 heavy (non-hydrogen) atoms. The Hall–Kier alpha value is -1.77. The number of nitrogens with zero attached hydrogens (tertiary/aromatic N) is 1. The van der Waals surface area contributed by atoms with Crippen molar-refractivity contribution < 1.29 is 4.42 Å². The van der Waals surface area contributed by atoms with Crippen molar-refractivity contribution in [2.75, 3.05) is 12.4 Å². The van der Waals surface area contributed by atoms with E-state index in [2.05, 4.69) is 42.3 Å². The lowest BCUT2D eigenvalue weighted by Crippen LogP contribution is -1.94. The molecule has 0 bridgehead atoms. The fourth-order valence-electron chi connectivity index (χ4n) is 1.74. The van der Waals surface area contributed by atoms with E-state index in [9.17, 15) is 0 Å². The van der Waals surface area contributed by atoms with Crippen molar-refractivity contribution >= 4 is 6.01 Å². The summed E-state index contributed by atoms with van der Waals surface area (Å²) in [5.74, 6) is 0. The Bertz CT molecular complexity index is 488. The molecule has 0 amide bonds. The summed E-state index contributed by atoms with van der Waals surface area (Å²) >= 11 is 0. The van der Waals surface area contributed by atoms with E-state index in [1.165, 1.54) is 16.7 Å². The third-order valence-corrected chi connectivity index (χ3v) is 2.64. The van der Waals surface area contributed by atoms with Crippen LogP contribution in [-0.2, 0) is 6.42 Å². The predicted octanol–water partition coefficient (Wildman–Crippen LogP) is 2.92. The third kappa shape index (κ3) is 2.24. The number of anilines is 1. The zero-order valence-electron chi connectivity index (χ0n) is 9.87. The van der Waals surface area contributed by atoms with Gasteiger partial charge in [-0.25, -0.2) is 0 Å². The van der Waals surface area contributed by atoms with Gasteiger partial charge in [-0.2, -0.15) is 4.98 Å². The molecular formula is C13H16N2O. The maximum atomic E-state index is 5.23. The van der Waals surface area contributed by atoms with Crippen LogP contribution in [0, 0.1) is 13.8 Å². The summed E-state index contributed by atoms with van der Waals surface area (Å²) in [6.45, 7) is 4.23. The first-order chi connectivity index (χ1) is 7.69. The van der Waals surface area contributed by atoms with Gasteiger partial charge in [-0.3, -0.25) is 0 Å². The van der Waals surface area contributed by atoms with E-state index in [0.29, 0.717) is 6.01 Å². The summed E-state index contributed by atoms with van der Waals surface area (Å²) in [5, 5.41) is 2.88. The molecule has 0 atom stereocenters. The van der Waals surface area contributed by atoms with Crippen LogP contribution in [0.2, 0.25) is 0 Å². The van der Waals surface area contributed by atoms with Gasteiger partial charge < -0.3 is 9.73 Å². The average molecular weight is 216 g/mol. The highest BCUT2D eigenvalue weighted by Gasteiger charge is 2.05. The first-order valence-electron chi connectivity index (χ1n) is 5.37. The van der Waals surface area contributed by atoms with Crippen LogP contribution in [0.15, 0.2) is 28.9 Å². The summed E-state index contributed by atoms with van der Waals surface area (Å²) in [7, 11) is 1.80. The van der Waals surface area contributed by atoms with Gasteiger partial charge >= 0.3 is 0 Å². The topological polar surface area (TPSA) is 38.1 Å². The maximum absolute atomic E-state index is 5.23. The molecular weight excluding hydrogens is 200 g/mol. The monoisotopic (exact) mass is 216 g/mol. The molecule has 0 saturated heterocycles. The van der Waals surface area contributed by atoms with Gasteiger partial charge in [-0.05, 0) is 25.0 Å². The van der Waals surface area contributed by atoms with Gasteiger partial charge in [0.05, 0.1) is 5.69 Å². The number of benzene rings is 1. The van der Waals surface area contributed by atoms with E-state index < -0.39 is 0 Å². The van der Waals surface area contributed by atoms with E-state index in [0.717, 1.165) is 12.1 Å². The Balaban J connectivity index is 2.20. The van der Waals surface area contributed by atoms with Crippen molar-refractivity contribution in [1.29, 1.82) is 0 Å². The number of aromatic nitrogens is 1. The van der Waals surface area contributed by atoms with E-state index in [-0.39, 0.29) is 0 Å². The zero-order valence-corrected chi connectivity index (χ0v) is 9.87. The number of rotatable bonds is 3. The molecule has 0 spiro atoms. The number of hydrogen-bond donors (Lipinski definition) is 1. The quantitative estimate of drug-likeness (QED) is 0.857. The lowest BCUT2D eigenvalue weighted by molar-refractivity contribution is 0.574. The van der Waals surface area contributed by atoms with E-state index in [4.69, 9.17) is 4.42 Å². The van der Waals surface area contributed by atoms with Crippen molar-refractivity contribution in [3.05, 3.63) is 46.8 Å². The first-order valence-corrected chi connectivity index (χ1v) is 5.37. The van der Waals surface area contributed by atoms with Crippen LogP contribution in [0.4, 0.5) is 6.01 Å². The Morgan fingerprint density at radius 2 is 2.12 bits per heavy atom. The van der Waals surface area contributed by atoms with Gasteiger partial charge in [0.1, 0.15) is 6.26 Å². The first kappa shape index (κ1) is 10.7. The molecule has 1 N–H and O–H groups in total. The predicted molar refractivity (Wildman–Crippen MR) is 64.8 cm³/mol. The van der Waals surface area contributed by atoms with Gasteiger partial charge in [-0.1, -0.05) is 23.8 Å². The highest BCUT2D eigenvalue weighted by Crippen LogP contribution is 2.16. The van der Waals surface area contributed by atoms with Crippen LogP contribution < -0.4 is 5.32 Å². The van der Waals surface area contributed by atoms with Crippen molar-refractivity contribution in [3.63, 3.8) is 0 Å². The number of hydrogen-bond acceptors (Lipinski definition) is 3. The average Bonchev–Trinajstić information content (AvgIpc) is 2.70. The molecule has 0 fully saturated rings. The molecule has 3 nitrogen and oxygen atoms in total. The second-order valence-corrected chi connectivity index (χ2v) is 4.00. The molecule has 1 heterocycles. The van der Waals surface area contributed by atoms with Crippen molar-refractivity contribution in [1.82, 2.24) is 4.98 Å². The molecule has 84 valence electrons. The summed E-state index contributed by atoms with van der Waals surface area (Å²) < 4.78 is 5.23. The smallest absolute Gasteiger partial charge is 0.294 e. The Labute approximate surface area is 95.5 Å². The van der Waals surface area contributed by atoms with E-state index in [1.807, 2.05) is 0 Å². The molecule has 0 unspecified atom stereocenters. The van der Waals surface area contributed by atoms with E-state index in [1.54, 1.807) is 13.3 Å². The number of nitrogens with one attached hydrogen (secondary N) is 1. The van der Waals surface area contributed by atoms with Gasteiger partial charge in [-0.15, -0.1) is 0 Å². The number of aryl methyl sites for hydroxylation is 2. The highest BCUT2D eigenvalue weighted by molar-refractivity contribution is 5.33. The Morgan fingerprint density at radius 1 is 1.31 bits per heavy atom. The van der Waals surface area contributed by atoms with Crippen LogP contribution in [-0.4, -0.2) is 12.0 Å². The van der Waals surface area contributed by atoms with Crippen molar-refractivity contribution in [3.8, 4) is 0 Å². The highest BCUT2D eigenvalue weighted by atomic mass is 16.4. The van der Waals surface area contributed by atoms with Gasteiger partial charge in [0.25, 0.3) is 6.01 Å². The summed E-state index contributed by atoms with van der Waals surface area (Å²) in [6, 6.07) is 7.04. The van der Waals surface area contributed by atoms with Crippen molar-refractivity contribution in [2.45, 2.75) is 20.3 Å².